The normalized spacial score (nSPS) is 16.3. The van der Waals surface area contributed by atoms with Crippen molar-refractivity contribution in [2.24, 2.45) is 4.99 Å². The van der Waals surface area contributed by atoms with E-state index in [1.807, 2.05) is 19.9 Å². The first-order valence-corrected chi connectivity index (χ1v) is 10.2. The number of rotatable bonds is 7. The molecule has 0 saturated heterocycles. The molecule has 0 spiro atoms. The predicted molar refractivity (Wildman–Crippen MR) is 124 cm³/mol. The first-order valence-electron chi connectivity index (χ1n) is 10.2. The van der Waals surface area contributed by atoms with Gasteiger partial charge in [-0.2, -0.15) is 0 Å². The Morgan fingerprint density at radius 2 is 2.10 bits per heavy atom. The Kier molecular flexibility index (Phi) is 8.94. The average molecular weight is 516 g/mol. The number of furan rings is 1. The Morgan fingerprint density at radius 3 is 2.83 bits per heavy atom. The smallest absolute Gasteiger partial charge is 0.191 e. The number of guanidine groups is 1. The molecule has 1 unspecified atom stereocenters. The quantitative estimate of drug-likeness (QED) is 0.297. The molecule has 3 rings (SSSR count). The third kappa shape index (κ3) is 6.43. The van der Waals surface area contributed by atoms with Crippen molar-refractivity contribution < 1.29 is 9.52 Å². The molecule has 2 aromatic rings. The Labute approximate surface area is 189 Å². The van der Waals surface area contributed by atoms with Crippen molar-refractivity contribution in [2.75, 3.05) is 19.6 Å². The lowest BCUT2D eigenvalue weighted by Crippen LogP contribution is -2.40. The SMILES string of the molecule is CCNC(=NCC(C)(O)c1ccc(C)o1)NCCc1nnc2n1CCCCC2.I. The van der Waals surface area contributed by atoms with Gasteiger partial charge >= 0.3 is 0 Å². The number of nitrogens with one attached hydrogen (secondary N) is 2. The molecule has 0 aliphatic carbocycles. The number of halogens is 1. The van der Waals surface area contributed by atoms with Crippen molar-refractivity contribution >= 4 is 29.9 Å². The van der Waals surface area contributed by atoms with E-state index in [2.05, 4.69) is 30.4 Å². The third-order valence-corrected chi connectivity index (χ3v) is 4.99. The maximum Gasteiger partial charge on any atom is 0.191 e. The van der Waals surface area contributed by atoms with Gasteiger partial charge in [-0.3, -0.25) is 0 Å². The van der Waals surface area contributed by atoms with Gasteiger partial charge in [-0.25, -0.2) is 4.99 Å². The number of nitrogens with zero attached hydrogens (tertiary/aromatic N) is 4. The fourth-order valence-corrected chi connectivity index (χ4v) is 3.40. The Morgan fingerprint density at radius 1 is 1.28 bits per heavy atom. The Hall–Kier alpha value is -1.62. The second-order valence-electron chi connectivity index (χ2n) is 7.55. The molecule has 0 amide bonds. The van der Waals surface area contributed by atoms with Crippen LogP contribution in [0, 0.1) is 6.92 Å². The van der Waals surface area contributed by atoms with E-state index in [0.29, 0.717) is 18.3 Å². The van der Waals surface area contributed by atoms with Crippen LogP contribution in [0.25, 0.3) is 0 Å². The number of aliphatic hydroxyl groups is 1. The highest BCUT2D eigenvalue weighted by molar-refractivity contribution is 14.0. The van der Waals surface area contributed by atoms with Crippen molar-refractivity contribution in [3.8, 4) is 0 Å². The molecule has 3 heterocycles. The summed E-state index contributed by atoms with van der Waals surface area (Å²) in [6, 6.07) is 3.64. The van der Waals surface area contributed by atoms with Crippen LogP contribution >= 0.6 is 24.0 Å². The lowest BCUT2D eigenvalue weighted by molar-refractivity contribution is 0.0428. The molecule has 8 nitrogen and oxygen atoms in total. The lowest BCUT2D eigenvalue weighted by Gasteiger charge is -2.19. The summed E-state index contributed by atoms with van der Waals surface area (Å²) in [6.07, 6.45) is 5.45. The van der Waals surface area contributed by atoms with Gasteiger partial charge in [-0.1, -0.05) is 6.42 Å². The van der Waals surface area contributed by atoms with Crippen LogP contribution in [0.5, 0.6) is 0 Å². The zero-order chi connectivity index (χ0) is 20.0. The minimum atomic E-state index is -1.15. The van der Waals surface area contributed by atoms with Gasteiger partial charge in [0.2, 0.25) is 0 Å². The maximum atomic E-state index is 10.7. The van der Waals surface area contributed by atoms with E-state index in [-0.39, 0.29) is 30.5 Å². The molecule has 162 valence electrons. The van der Waals surface area contributed by atoms with Gasteiger partial charge in [0.25, 0.3) is 0 Å². The summed E-state index contributed by atoms with van der Waals surface area (Å²) in [5, 5.41) is 25.9. The number of hydrogen-bond donors (Lipinski definition) is 3. The van der Waals surface area contributed by atoms with E-state index in [4.69, 9.17) is 4.42 Å². The first-order chi connectivity index (χ1) is 13.5. The highest BCUT2D eigenvalue weighted by Crippen LogP contribution is 2.23. The molecule has 9 heteroatoms. The number of aliphatic imine (C=N–C) groups is 1. The Balaban J connectivity index is 0.00000300. The van der Waals surface area contributed by atoms with Crippen LogP contribution in [0.2, 0.25) is 0 Å². The van der Waals surface area contributed by atoms with Crippen LogP contribution in [0.1, 0.15) is 56.3 Å². The summed E-state index contributed by atoms with van der Waals surface area (Å²) >= 11 is 0. The highest BCUT2D eigenvalue weighted by Gasteiger charge is 2.26. The minimum absolute atomic E-state index is 0. The molecule has 0 radical (unpaired) electrons. The standard InChI is InChI=1S/C20H32N6O2.HI/c1-4-21-19(23-14-20(3,27)16-10-9-15(2)28-16)22-12-11-18-25-24-17-8-6-5-7-13-26(17)18;/h9-10,27H,4-8,11-14H2,1-3H3,(H2,21,22,23);1H. The molecule has 29 heavy (non-hydrogen) atoms. The van der Waals surface area contributed by atoms with Crippen LogP contribution < -0.4 is 10.6 Å². The molecule has 1 aliphatic heterocycles. The van der Waals surface area contributed by atoms with Crippen molar-refractivity contribution in [1.29, 1.82) is 0 Å². The van der Waals surface area contributed by atoms with Gasteiger partial charge in [0.15, 0.2) is 5.96 Å². The van der Waals surface area contributed by atoms with Gasteiger partial charge in [0.05, 0.1) is 6.54 Å². The first kappa shape index (κ1) is 23.7. The zero-order valence-electron chi connectivity index (χ0n) is 17.6. The van der Waals surface area contributed by atoms with E-state index in [1.165, 1.54) is 19.3 Å². The van der Waals surface area contributed by atoms with Crippen LogP contribution in [0.4, 0.5) is 0 Å². The number of hydrogen-bond acceptors (Lipinski definition) is 5. The molecule has 3 N–H and O–H groups in total. The predicted octanol–water partition coefficient (Wildman–Crippen LogP) is 2.53. The van der Waals surface area contributed by atoms with Crippen LogP contribution in [0.3, 0.4) is 0 Å². The molecule has 1 atom stereocenters. The fraction of sp³-hybridized carbons (Fsp3) is 0.650. The molecule has 0 fully saturated rings. The van der Waals surface area contributed by atoms with Gasteiger partial charge < -0.3 is 24.7 Å². The van der Waals surface area contributed by atoms with Gasteiger partial charge in [-0.15, -0.1) is 34.2 Å². The molecule has 1 aliphatic rings. The number of fused-ring (bicyclic) bond motifs is 1. The monoisotopic (exact) mass is 516 g/mol. The third-order valence-electron chi connectivity index (χ3n) is 4.99. The molecular weight excluding hydrogens is 483 g/mol. The summed E-state index contributed by atoms with van der Waals surface area (Å²) in [5.74, 6) is 4.10. The van der Waals surface area contributed by atoms with E-state index >= 15 is 0 Å². The van der Waals surface area contributed by atoms with Crippen LogP contribution in [0.15, 0.2) is 21.5 Å². The van der Waals surface area contributed by atoms with E-state index in [0.717, 1.165) is 43.3 Å². The largest absolute Gasteiger partial charge is 0.463 e. The van der Waals surface area contributed by atoms with Gasteiger partial charge in [-0.05, 0) is 45.7 Å². The summed E-state index contributed by atoms with van der Waals surface area (Å²) in [7, 11) is 0. The van der Waals surface area contributed by atoms with Crippen molar-refractivity contribution in [2.45, 2.75) is 65.0 Å². The zero-order valence-corrected chi connectivity index (χ0v) is 19.9. The molecule has 0 saturated carbocycles. The summed E-state index contributed by atoms with van der Waals surface area (Å²) in [6.45, 7) is 8.25. The molecule has 2 aromatic heterocycles. The van der Waals surface area contributed by atoms with Gasteiger partial charge in [0, 0.05) is 32.5 Å². The molecular formula is C20H33IN6O2. The van der Waals surface area contributed by atoms with E-state index in [9.17, 15) is 5.11 Å². The fourth-order valence-electron chi connectivity index (χ4n) is 3.40. The second kappa shape index (κ2) is 11.0. The van der Waals surface area contributed by atoms with Crippen molar-refractivity contribution in [3.63, 3.8) is 0 Å². The second-order valence-corrected chi connectivity index (χ2v) is 7.55. The van der Waals surface area contributed by atoms with E-state index < -0.39 is 5.60 Å². The minimum Gasteiger partial charge on any atom is -0.463 e. The van der Waals surface area contributed by atoms with E-state index in [1.54, 1.807) is 13.0 Å². The van der Waals surface area contributed by atoms with Crippen molar-refractivity contribution in [3.05, 3.63) is 35.3 Å². The number of aryl methyl sites for hydroxylation is 2. The van der Waals surface area contributed by atoms with Gasteiger partial charge in [0.1, 0.15) is 28.8 Å². The summed E-state index contributed by atoms with van der Waals surface area (Å²) < 4.78 is 7.82. The number of aromatic nitrogens is 3. The summed E-state index contributed by atoms with van der Waals surface area (Å²) in [4.78, 5) is 4.53. The van der Waals surface area contributed by atoms with Crippen LogP contribution in [-0.4, -0.2) is 45.5 Å². The lowest BCUT2D eigenvalue weighted by atomic mass is 10.0. The average Bonchev–Trinajstić information content (AvgIpc) is 3.19. The highest BCUT2D eigenvalue weighted by atomic mass is 127. The molecule has 0 aromatic carbocycles. The maximum absolute atomic E-state index is 10.7. The summed E-state index contributed by atoms with van der Waals surface area (Å²) in [5.41, 5.74) is -1.15. The Bertz CT molecular complexity index is 799. The molecule has 0 bridgehead atoms. The topological polar surface area (TPSA) is 100 Å². The van der Waals surface area contributed by atoms with Crippen LogP contribution in [-0.2, 0) is 25.0 Å². The van der Waals surface area contributed by atoms with Crippen molar-refractivity contribution in [1.82, 2.24) is 25.4 Å².